The standard InChI is InChI=1S/C13H14BrF6N3O4S/c1-3-11(12(15,16)17,13(18,19)20)21-10(24)22-23-28(25,26)9-6-7(14)4-5-8(9)27-2/h4-6,23H,3H2,1-2H3,(H2,21,22,24). The molecule has 28 heavy (non-hydrogen) atoms. The molecule has 3 N–H and O–H groups in total. The van der Waals surface area contributed by atoms with Crippen LogP contribution in [0.4, 0.5) is 31.1 Å². The van der Waals surface area contributed by atoms with Crippen LogP contribution in [0.1, 0.15) is 13.3 Å². The average molecular weight is 502 g/mol. The van der Waals surface area contributed by atoms with Crippen molar-refractivity contribution in [2.45, 2.75) is 36.1 Å². The van der Waals surface area contributed by atoms with Crippen molar-refractivity contribution in [3.05, 3.63) is 22.7 Å². The van der Waals surface area contributed by atoms with Crippen molar-refractivity contribution < 1.29 is 44.3 Å². The number of alkyl halides is 6. The Morgan fingerprint density at radius 3 is 2.11 bits per heavy atom. The first-order chi connectivity index (χ1) is 12.6. The van der Waals surface area contributed by atoms with E-state index in [-0.39, 0.29) is 10.2 Å². The molecule has 15 heteroatoms. The second kappa shape index (κ2) is 8.32. The van der Waals surface area contributed by atoms with Crippen molar-refractivity contribution in [3.63, 3.8) is 0 Å². The summed E-state index contributed by atoms with van der Waals surface area (Å²) in [5.74, 6) is -0.189. The van der Waals surface area contributed by atoms with Crippen LogP contribution in [0.3, 0.4) is 0 Å². The second-order valence-electron chi connectivity index (χ2n) is 5.23. The fraction of sp³-hybridized carbons (Fsp3) is 0.462. The van der Waals surface area contributed by atoms with E-state index in [0.29, 0.717) is 6.92 Å². The highest BCUT2D eigenvalue weighted by Crippen LogP contribution is 2.45. The number of carbonyl (C=O) groups excluding carboxylic acids is 1. The smallest absolute Gasteiger partial charge is 0.420 e. The first-order valence-corrected chi connectivity index (χ1v) is 9.46. The molecule has 1 aromatic rings. The number of methoxy groups -OCH3 is 1. The largest absolute Gasteiger partial charge is 0.495 e. The van der Waals surface area contributed by atoms with E-state index in [0.717, 1.165) is 18.5 Å². The number of nitrogens with one attached hydrogen (secondary N) is 3. The fourth-order valence-electron chi connectivity index (χ4n) is 2.05. The molecule has 0 radical (unpaired) electrons. The molecule has 0 aliphatic rings. The molecule has 160 valence electrons. The van der Waals surface area contributed by atoms with Crippen LogP contribution in [-0.4, -0.2) is 39.5 Å². The maximum Gasteiger partial charge on any atom is 0.420 e. The van der Waals surface area contributed by atoms with Crippen molar-refractivity contribution >= 4 is 32.0 Å². The van der Waals surface area contributed by atoms with Crippen LogP contribution in [0, 0.1) is 0 Å². The topological polar surface area (TPSA) is 96.5 Å². The monoisotopic (exact) mass is 501 g/mol. The number of hydrogen-bond acceptors (Lipinski definition) is 4. The van der Waals surface area contributed by atoms with E-state index < -0.39 is 45.3 Å². The van der Waals surface area contributed by atoms with Crippen molar-refractivity contribution in [3.8, 4) is 5.75 Å². The van der Waals surface area contributed by atoms with E-state index in [1.54, 1.807) is 0 Å². The molecule has 0 aliphatic carbocycles. The van der Waals surface area contributed by atoms with Crippen LogP contribution in [-0.2, 0) is 10.0 Å². The van der Waals surface area contributed by atoms with Gasteiger partial charge in [-0.1, -0.05) is 22.9 Å². The Balaban J connectivity index is 3.07. The minimum Gasteiger partial charge on any atom is -0.495 e. The van der Waals surface area contributed by atoms with Crippen LogP contribution < -0.4 is 20.3 Å². The zero-order valence-electron chi connectivity index (χ0n) is 14.1. The Kier molecular flexibility index (Phi) is 7.22. The van der Waals surface area contributed by atoms with E-state index in [1.807, 2.05) is 0 Å². The molecule has 0 atom stereocenters. The molecule has 0 aliphatic heterocycles. The molecule has 0 aromatic heterocycles. The van der Waals surface area contributed by atoms with Gasteiger partial charge >= 0.3 is 18.4 Å². The molecule has 0 bridgehead atoms. The summed E-state index contributed by atoms with van der Waals surface area (Å²) in [6, 6.07) is 1.63. The van der Waals surface area contributed by atoms with Gasteiger partial charge in [-0.25, -0.2) is 13.2 Å². The summed E-state index contributed by atoms with van der Waals surface area (Å²) in [7, 11) is -3.46. The lowest BCUT2D eigenvalue weighted by Crippen LogP contribution is -2.69. The van der Waals surface area contributed by atoms with Gasteiger partial charge in [0.1, 0.15) is 10.6 Å². The van der Waals surface area contributed by atoms with Crippen molar-refractivity contribution in [1.29, 1.82) is 0 Å². The number of carbonyl (C=O) groups is 1. The predicted molar refractivity (Wildman–Crippen MR) is 87.8 cm³/mol. The third-order valence-electron chi connectivity index (χ3n) is 3.54. The molecule has 0 saturated carbocycles. The molecule has 0 heterocycles. The highest BCUT2D eigenvalue weighted by Gasteiger charge is 2.70. The molecule has 0 saturated heterocycles. The number of hydrazine groups is 1. The maximum atomic E-state index is 13.0. The van der Waals surface area contributed by atoms with Gasteiger partial charge in [0.2, 0.25) is 5.54 Å². The Hall–Kier alpha value is -1.74. The first-order valence-electron chi connectivity index (χ1n) is 7.18. The SMILES string of the molecule is CCC(NC(=O)NNS(=O)(=O)c1cc(Br)ccc1OC)(C(F)(F)F)C(F)(F)F. The summed E-state index contributed by atoms with van der Waals surface area (Å²) < 4.78 is 107. The highest BCUT2D eigenvalue weighted by atomic mass is 79.9. The summed E-state index contributed by atoms with van der Waals surface area (Å²) >= 11 is 2.99. The van der Waals surface area contributed by atoms with E-state index in [9.17, 15) is 39.6 Å². The van der Waals surface area contributed by atoms with Crippen LogP contribution >= 0.6 is 15.9 Å². The van der Waals surface area contributed by atoms with Gasteiger partial charge in [-0.05, 0) is 24.6 Å². The Labute approximate surface area is 164 Å². The normalized spacial score (nSPS) is 13.2. The quantitative estimate of drug-likeness (QED) is 0.411. The third-order valence-corrected chi connectivity index (χ3v) is 5.30. The number of urea groups is 1. The van der Waals surface area contributed by atoms with E-state index >= 15 is 0 Å². The molecular weight excluding hydrogens is 488 g/mol. The number of amides is 2. The van der Waals surface area contributed by atoms with Gasteiger partial charge in [-0.2, -0.15) is 26.3 Å². The molecule has 0 fully saturated rings. The van der Waals surface area contributed by atoms with Crippen LogP contribution in [0.15, 0.2) is 27.6 Å². The van der Waals surface area contributed by atoms with Gasteiger partial charge in [0, 0.05) is 4.47 Å². The minimum absolute atomic E-state index is 0.189. The van der Waals surface area contributed by atoms with Gasteiger partial charge in [0.05, 0.1) is 7.11 Å². The lowest BCUT2D eigenvalue weighted by Gasteiger charge is -2.36. The van der Waals surface area contributed by atoms with Gasteiger partial charge in [0.15, 0.2) is 0 Å². The van der Waals surface area contributed by atoms with Gasteiger partial charge in [-0.3, -0.25) is 5.43 Å². The lowest BCUT2D eigenvalue weighted by atomic mass is 9.94. The number of benzene rings is 1. The number of sulfonamides is 1. The predicted octanol–water partition coefficient (Wildman–Crippen LogP) is 3.22. The number of hydrogen-bond donors (Lipinski definition) is 3. The molecule has 0 spiro atoms. The molecule has 0 unspecified atom stereocenters. The van der Waals surface area contributed by atoms with E-state index in [4.69, 9.17) is 4.74 Å². The van der Waals surface area contributed by atoms with Crippen molar-refractivity contribution in [2.75, 3.05) is 7.11 Å². The van der Waals surface area contributed by atoms with Crippen LogP contribution in [0.2, 0.25) is 0 Å². The number of rotatable bonds is 6. The minimum atomic E-state index is -5.89. The fourth-order valence-corrected chi connectivity index (χ4v) is 3.59. The Morgan fingerprint density at radius 2 is 1.68 bits per heavy atom. The van der Waals surface area contributed by atoms with Crippen molar-refractivity contribution in [1.82, 2.24) is 15.6 Å². The van der Waals surface area contributed by atoms with E-state index in [2.05, 4.69) is 15.9 Å². The molecule has 1 aromatic carbocycles. The summed E-state index contributed by atoms with van der Waals surface area (Å²) in [4.78, 5) is 12.5. The molecule has 2 amide bonds. The van der Waals surface area contributed by atoms with Crippen LogP contribution in [0.25, 0.3) is 0 Å². The van der Waals surface area contributed by atoms with Crippen LogP contribution in [0.5, 0.6) is 5.75 Å². The summed E-state index contributed by atoms with van der Waals surface area (Å²) in [5.41, 5.74) is -3.30. The van der Waals surface area contributed by atoms with Gasteiger partial charge in [0.25, 0.3) is 10.0 Å². The molecule has 1 rings (SSSR count). The van der Waals surface area contributed by atoms with Crippen molar-refractivity contribution in [2.24, 2.45) is 0 Å². The van der Waals surface area contributed by atoms with E-state index in [1.165, 1.54) is 22.4 Å². The zero-order chi connectivity index (χ0) is 22.0. The highest BCUT2D eigenvalue weighted by molar-refractivity contribution is 9.10. The number of ether oxygens (including phenoxy) is 1. The number of halogens is 7. The average Bonchev–Trinajstić information content (AvgIpc) is 2.55. The summed E-state index contributed by atoms with van der Waals surface area (Å²) in [6.07, 6.45) is -13.3. The second-order valence-corrected chi connectivity index (χ2v) is 7.80. The van der Waals surface area contributed by atoms with Gasteiger partial charge in [-0.15, -0.1) is 4.83 Å². The maximum absolute atomic E-state index is 13.0. The Morgan fingerprint density at radius 1 is 1.14 bits per heavy atom. The molecule has 7 nitrogen and oxygen atoms in total. The molecular formula is C13H14BrF6N3O4S. The third kappa shape index (κ3) is 5.00. The van der Waals surface area contributed by atoms with Gasteiger partial charge < -0.3 is 10.1 Å². The lowest BCUT2D eigenvalue weighted by molar-refractivity contribution is -0.304. The summed E-state index contributed by atoms with van der Waals surface area (Å²) in [5, 5.41) is 0.757. The zero-order valence-corrected chi connectivity index (χ0v) is 16.5. The Bertz CT molecular complexity index is 815. The first kappa shape index (κ1) is 24.3. The summed E-state index contributed by atoms with van der Waals surface area (Å²) in [6.45, 7) is 0.567.